The predicted octanol–water partition coefficient (Wildman–Crippen LogP) is 1.81. The molecule has 0 bridgehead atoms. The molecule has 15 heavy (non-hydrogen) atoms. The smallest absolute Gasteiger partial charge is 0.336 e. The van der Waals surface area contributed by atoms with Gasteiger partial charge in [-0.3, -0.25) is 0 Å². The van der Waals surface area contributed by atoms with Gasteiger partial charge >= 0.3 is 5.63 Å². The van der Waals surface area contributed by atoms with Crippen molar-refractivity contribution < 1.29 is 4.42 Å². The number of nitrogens with two attached hydrogens (primary N) is 1. The van der Waals surface area contributed by atoms with E-state index in [2.05, 4.69) is 0 Å². The average molecular weight is 201 g/mol. The number of fused-ring (bicyclic) bond motifs is 1. The first-order valence-corrected chi connectivity index (χ1v) is 4.70. The minimum Gasteiger partial charge on any atom is -0.423 e. The lowest BCUT2D eigenvalue weighted by atomic mass is 10.1. The van der Waals surface area contributed by atoms with Crippen LogP contribution in [-0.2, 0) is 6.42 Å². The molecule has 3 nitrogen and oxygen atoms in total. The fourth-order valence-corrected chi connectivity index (χ4v) is 1.54. The van der Waals surface area contributed by atoms with Crippen molar-refractivity contribution in [1.29, 1.82) is 0 Å². The first-order chi connectivity index (χ1) is 7.31. The van der Waals surface area contributed by atoms with Crippen LogP contribution in [0.25, 0.3) is 11.0 Å². The molecule has 2 rings (SSSR count). The molecule has 0 saturated heterocycles. The Kier molecular flexibility index (Phi) is 2.54. The Labute approximate surface area is 86.8 Å². The van der Waals surface area contributed by atoms with E-state index in [1.807, 2.05) is 18.2 Å². The van der Waals surface area contributed by atoms with Gasteiger partial charge in [0.1, 0.15) is 5.58 Å². The van der Waals surface area contributed by atoms with Gasteiger partial charge in [0.2, 0.25) is 0 Å². The highest BCUT2D eigenvalue weighted by Crippen LogP contribution is 2.16. The number of rotatable bonds is 2. The molecule has 76 valence electrons. The largest absolute Gasteiger partial charge is 0.423 e. The van der Waals surface area contributed by atoms with Crippen LogP contribution in [-0.4, -0.2) is 0 Å². The van der Waals surface area contributed by atoms with Crippen LogP contribution in [0.2, 0.25) is 0 Å². The molecule has 1 aromatic heterocycles. The predicted molar refractivity (Wildman–Crippen MR) is 59.5 cm³/mol. The van der Waals surface area contributed by atoms with E-state index in [1.54, 1.807) is 12.1 Å². The molecule has 0 atom stereocenters. The van der Waals surface area contributed by atoms with E-state index in [1.165, 1.54) is 12.3 Å². The SMILES string of the molecule is NC=CCc1cc(=O)oc2ccccc12. The first kappa shape index (κ1) is 9.52. The molecular weight excluding hydrogens is 190 g/mol. The number of para-hydroxylation sites is 1. The molecule has 1 heterocycles. The minimum absolute atomic E-state index is 0.325. The highest BCUT2D eigenvalue weighted by atomic mass is 16.4. The molecule has 0 aliphatic heterocycles. The molecule has 0 aliphatic carbocycles. The quantitative estimate of drug-likeness (QED) is 0.754. The summed E-state index contributed by atoms with van der Waals surface area (Å²) in [5.41, 5.74) is 6.50. The Morgan fingerprint density at radius 1 is 1.33 bits per heavy atom. The number of hydrogen-bond acceptors (Lipinski definition) is 3. The van der Waals surface area contributed by atoms with Crippen molar-refractivity contribution in [3.05, 3.63) is 58.6 Å². The summed E-state index contributed by atoms with van der Waals surface area (Å²) in [7, 11) is 0. The lowest BCUT2D eigenvalue weighted by molar-refractivity contribution is 0.559. The molecule has 0 amide bonds. The van der Waals surface area contributed by atoms with Crippen molar-refractivity contribution in [3.8, 4) is 0 Å². The molecule has 0 fully saturated rings. The molecule has 0 aliphatic rings. The van der Waals surface area contributed by atoms with Crippen molar-refractivity contribution in [2.24, 2.45) is 5.73 Å². The van der Waals surface area contributed by atoms with E-state index in [9.17, 15) is 4.79 Å². The van der Waals surface area contributed by atoms with Crippen LogP contribution >= 0.6 is 0 Å². The minimum atomic E-state index is -0.325. The molecule has 0 unspecified atom stereocenters. The van der Waals surface area contributed by atoms with Crippen molar-refractivity contribution in [2.45, 2.75) is 6.42 Å². The van der Waals surface area contributed by atoms with Crippen LogP contribution in [0.5, 0.6) is 0 Å². The first-order valence-electron chi connectivity index (χ1n) is 4.70. The maximum Gasteiger partial charge on any atom is 0.336 e. The van der Waals surface area contributed by atoms with Crippen molar-refractivity contribution in [3.63, 3.8) is 0 Å². The van der Waals surface area contributed by atoms with E-state index >= 15 is 0 Å². The van der Waals surface area contributed by atoms with Crippen LogP contribution in [0.4, 0.5) is 0 Å². The average Bonchev–Trinajstić information content (AvgIpc) is 2.25. The van der Waals surface area contributed by atoms with Crippen molar-refractivity contribution in [2.75, 3.05) is 0 Å². The zero-order chi connectivity index (χ0) is 10.7. The van der Waals surface area contributed by atoms with Gasteiger partial charge < -0.3 is 10.2 Å². The molecule has 2 aromatic rings. The normalized spacial score (nSPS) is 11.2. The summed E-state index contributed by atoms with van der Waals surface area (Å²) in [5.74, 6) is 0. The zero-order valence-corrected chi connectivity index (χ0v) is 8.14. The van der Waals surface area contributed by atoms with Crippen LogP contribution in [0.15, 0.2) is 51.8 Å². The Balaban J connectivity index is 2.65. The van der Waals surface area contributed by atoms with E-state index in [0.717, 1.165) is 10.9 Å². The second-order valence-electron chi connectivity index (χ2n) is 3.22. The highest BCUT2D eigenvalue weighted by Gasteiger charge is 2.02. The van der Waals surface area contributed by atoms with Crippen LogP contribution in [0.1, 0.15) is 5.56 Å². The van der Waals surface area contributed by atoms with Gasteiger partial charge in [-0.2, -0.15) is 0 Å². The second kappa shape index (κ2) is 4.00. The van der Waals surface area contributed by atoms with Gasteiger partial charge in [0, 0.05) is 11.5 Å². The van der Waals surface area contributed by atoms with Crippen molar-refractivity contribution >= 4 is 11.0 Å². The third-order valence-electron chi connectivity index (χ3n) is 2.21. The van der Waals surface area contributed by atoms with E-state index < -0.39 is 0 Å². The van der Waals surface area contributed by atoms with Gasteiger partial charge in [-0.05, 0) is 24.3 Å². The Morgan fingerprint density at radius 3 is 2.93 bits per heavy atom. The van der Waals surface area contributed by atoms with Crippen LogP contribution < -0.4 is 11.4 Å². The van der Waals surface area contributed by atoms with Gasteiger partial charge in [-0.1, -0.05) is 24.3 Å². The molecule has 0 saturated carbocycles. The van der Waals surface area contributed by atoms with Gasteiger partial charge in [0.05, 0.1) is 0 Å². The Morgan fingerprint density at radius 2 is 2.13 bits per heavy atom. The van der Waals surface area contributed by atoms with Gasteiger partial charge in [0.25, 0.3) is 0 Å². The summed E-state index contributed by atoms with van der Waals surface area (Å²) in [6, 6.07) is 8.97. The number of hydrogen-bond donors (Lipinski definition) is 1. The Bertz CT molecular complexity index is 555. The second-order valence-corrected chi connectivity index (χ2v) is 3.22. The summed E-state index contributed by atoms with van der Waals surface area (Å²) in [6.07, 6.45) is 3.92. The van der Waals surface area contributed by atoms with Gasteiger partial charge in [0.15, 0.2) is 0 Å². The summed E-state index contributed by atoms with van der Waals surface area (Å²) >= 11 is 0. The molecule has 0 radical (unpaired) electrons. The maximum atomic E-state index is 11.2. The summed E-state index contributed by atoms with van der Waals surface area (Å²) in [4.78, 5) is 11.2. The van der Waals surface area contributed by atoms with E-state index in [4.69, 9.17) is 10.2 Å². The third kappa shape index (κ3) is 1.91. The van der Waals surface area contributed by atoms with E-state index in [-0.39, 0.29) is 5.63 Å². The molecular formula is C12H11NO2. The fourth-order valence-electron chi connectivity index (χ4n) is 1.54. The van der Waals surface area contributed by atoms with Gasteiger partial charge in [-0.25, -0.2) is 4.79 Å². The lowest BCUT2D eigenvalue weighted by Crippen LogP contribution is -2.00. The standard InChI is InChI=1S/C12H11NO2/c13-7-3-4-9-8-12(14)15-11-6-2-1-5-10(9)11/h1-3,5-8H,4,13H2. The number of benzene rings is 1. The monoisotopic (exact) mass is 201 g/mol. The summed E-state index contributed by atoms with van der Waals surface area (Å²) in [5, 5.41) is 0.954. The number of allylic oxidation sites excluding steroid dienone is 1. The molecule has 2 N–H and O–H groups in total. The van der Waals surface area contributed by atoms with Gasteiger partial charge in [-0.15, -0.1) is 0 Å². The third-order valence-corrected chi connectivity index (χ3v) is 2.21. The molecule has 1 aromatic carbocycles. The van der Waals surface area contributed by atoms with Crippen LogP contribution in [0.3, 0.4) is 0 Å². The topological polar surface area (TPSA) is 56.2 Å². The van der Waals surface area contributed by atoms with Crippen molar-refractivity contribution in [1.82, 2.24) is 0 Å². The summed E-state index contributed by atoms with van der Waals surface area (Å²) < 4.78 is 5.07. The van der Waals surface area contributed by atoms with E-state index in [0.29, 0.717) is 12.0 Å². The maximum absolute atomic E-state index is 11.2. The summed E-state index contributed by atoms with van der Waals surface area (Å²) in [6.45, 7) is 0. The molecule has 0 spiro atoms. The highest BCUT2D eigenvalue weighted by molar-refractivity contribution is 5.80. The zero-order valence-electron chi connectivity index (χ0n) is 8.14. The fraction of sp³-hybridized carbons (Fsp3) is 0.0833. The van der Waals surface area contributed by atoms with Crippen LogP contribution in [0, 0.1) is 0 Å². The Hall–Kier alpha value is -2.03. The molecule has 3 heteroatoms. The lowest BCUT2D eigenvalue weighted by Gasteiger charge is -2.01.